The summed E-state index contributed by atoms with van der Waals surface area (Å²) in [5.74, 6) is -0.871. The largest absolute Gasteiger partial charge is 0.542 e. The number of pyridine rings is 1. The number of alkyl halides is 3. The zero-order valence-corrected chi connectivity index (χ0v) is 26.2. The van der Waals surface area contributed by atoms with Crippen LogP contribution in [0, 0.1) is 0 Å². The second-order valence-corrected chi connectivity index (χ2v) is 9.99. The Bertz CT molecular complexity index is 1540. The molecule has 0 radical (unpaired) electrons. The molecule has 2 N–H and O–H groups in total. The van der Waals surface area contributed by atoms with E-state index in [1.54, 1.807) is 32.5 Å². The molecule has 0 spiro atoms. The highest BCUT2D eigenvalue weighted by Crippen LogP contribution is 2.34. The molecule has 1 amide bonds. The number of carbonyl (C=O) groups is 3. The maximum Gasteiger partial charge on any atom is 0.430 e. The van der Waals surface area contributed by atoms with Crippen LogP contribution in [-0.4, -0.2) is 57.3 Å². The van der Waals surface area contributed by atoms with Gasteiger partial charge < -0.3 is 34.2 Å². The lowest BCUT2D eigenvalue weighted by Crippen LogP contribution is -2.41. The predicted octanol–water partition coefficient (Wildman–Crippen LogP) is 4.24. The van der Waals surface area contributed by atoms with Crippen molar-refractivity contribution in [3.05, 3.63) is 88.8 Å². The molecule has 4 rings (SSSR count). The number of ketones is 1. The molecule has 0 unspecified atom stereocenters. The summed E-state index contributed by atoms with van der Waals surface area (Å²) < 4.78 is 53.8. The monoisotopic (exact) mass is 656 g/mol. The number of benzene rings is 2. The van der Waals surface area contributed by atoms with Gasteiger partial charge in [0.2, 0.25) is 0 Å². The summed E-state index contributed by atoms with van der Waals surface area (Å²) >= 11 is 0. The zero-order chi connectivity index (χ0) is 34.6. The van der Waals surface area contributed by atoms with Gasteiger partial charge in [0, 0.05) is 29.3 Å². The number of rotatable bonds is 10. The van der Waals surface area contributed by atoms with Crippen LogP contribution in [0.1, 0.15) is 48.3 Å². The number of hydrogen-bond acceptors (Lipinski definition) is 8. The van der Waals surface area contributed by atoms with Crippen LogP contribution in [-0.2, 0) is 9.59 Å². The van der Waals surface area contributed by atoms with Crippen molar-refractivity contribution in [2.24, 2.45) is 0 Å². The summed E-state index contributed by atoms with van der Waals surface area (Å²) in [6, 6.07) is 16.1. The van der Waals surface area contributed by atoms with Crippen molar-refractivity contribution in [3.63, 3.8) is 0 Å². The van der Waals surface area contributed by atoms with Gasteiger partial charge in [0.05, 0.1) is 27.4 Å². The Labute approximate surface area is 269 Å². The smallest absolute Gasteiger partial charge is 0.430 e. The van der Waals surface area contributed by atoms with E-state index in [1.807, 2.05) is 68.5 Å². The molecule has 0 aliphatic heterocycles. The Kier molecular flexibility index (Phi) is 12.9. The van der Waals surface area contributed by atoms with Gasteiger partial charge in [-0.25, -0.2) is 4.98 Å². The molecule has 0 atom stereocenters. The summed E-state index contributed by atoms with van der Waals surface area (Å²) in [6.45, 7) is 4.84. The van der Waals surface area contributed by atoms with Gasteiger partial charge in [-0.3, -0.25) is 9.59 Å². The molecule has 250 valence electrons. The summed E-state index contributed by atoms with van der Waals surface area (Å²) in [7, 11) is 3.16. The van der Waals surface area contributed by atoms with Gasteiger partial charge in [0.15, 0.2) is 35.0 Å². The van der Waals surface area contributed by atoms with E-state index in [0.29, 0.717) is 65.9 Å². The number of aromatic nitrogens is 1. The summed E-state index contributed by atoms with van der Waals surface area (Å²) in [5.41, 5.74) is 3.22. The predicted molar refractivity (Wildman–Crippen MR) is 164 cm³/mol. The molecule has 3 aromatic rings. The number of hydrogen-bond donors (Lipinski definition) is 1. The zero-order valence-electron chi connectivity index (χ0n) is 26.2. The van der Waals surface area contributed by atoms with Crippen molar-refractivity contribution in [1.82, 2.24) is 5.32 Å². The fraction of sp³-hybridized carbons (Fsp3) is 0.294. The SMILES string of the molecule is CCOc1ccc(/C=C2\CC(NC(=O)c3cccc[nH+]3)C/C(=C\c3ccc(OCC)c(OC)c3)C2=O)cc1OC.O=C([O-])C(F)(F)F. The highest BCUT2D eigenvalue weighted by molar-refractivity contribution is 6.14. The fourth-order valence-electron chi connectivity index (χ4n) is 4.64. The molecular formula is C34H35F3N2O8. The van der Waals surface area contributed by atoms with Crippen molar-refractivity contribution in [2.45, 2.75) is 38.9 Å². The maximum atomic E-state index is 13.7. The first kappa shape index (κ1) is 36.1. The Morgan fingerprint density at radius 2 is 1.36 bits per heavy atom. The summed E-state index contributed by atoms with van der Waals surface area (Å²) in [6.07, 6.45) is 0.975. The standard InChI is InChI=1S/C32H34N2O6.C2HF3O2/c1-5-39-27-12-10-21(17-29(27)37-3)15-23-19-25(34-32(36)26-9-7-8-14-33-26)20-24(31(23)35)16-22-11-13-28(40-6-2)30(18-22)38-4;3-2(4,5)1(6)7/h7-18,25H,5-6,19-20H2,1-4H3,(H,34,36);(H,6,7)/b23-15+,24-16+;. The second-order valence-electron chi connectivity index (χ2n) is 9.99. The van der Waals surface area contributed by atoms with E-state index < -0.39 is 12.1 Å². The normalized spacial score (nSPS) is 16.1. The number of Topliss-reactive ketones (excluding diaryl/α,β-unsaturated/α-hetero) is 1. The molecular weight excluding hydrogens is 621 g/mol. The van der Waals surface area contributed by atoms with Crippen LogP contribution < -0.4 is 34.4 Å². The first-order chi connectivity index (χ1) is 22.4. The van der Waals surface area contributed by atoms with Crippen LogP contribution in [0.25, 0.3) is 12.2 Å². The molecule has 1 fully saturated rings. The number of aromatic amines is 1. The molecule has 1 heterocycles. The molecule has 47 heavy (non-hydrogen) atoms. The Balaban J connectivity index is 0.000000771. The van der Waals surface area contributed by atoms with Crippen LogP contribution in [0.4, 0.5) is 13.2 Å². The van der Waals surface area contributed by atoms with Crippen molar-refractivity contribution >= 4 is 29.8 Å². The van der Waals surface area contributed by atoms with Crippen LogP contribution in [0.15, 0.2) is 71.9 Å². The van der Waals surface area contributed by atoms with E-state index in [1.165, 1.54) is 0 Å². The van der Waals surface area contributed by atoms with Gasteiger partial charge in [-0.1, -0.05) is 12.1 Å². The van der Waals surface area contributed by atoms with E-state index in [-0.39, 0.29) is 17.7 Å². The first-order valence-corrected chi connectivity index (χ1v) is 14.5. The number of carboxylic acid groups (broad SMARTS) is 1. The quantitative estimate of drug-likeness (QED) is 0.320. The van der Waals surface area contributed by atoms with E-state index in [9.17, 15) is 22.8 Å². The lowest BCUT2D eigenvalue weighted by molar-refractivity contribution is -0.382. The minimum absolute atomic E-state index is 0.0718. The van der Waals surface area contributed by atoms with Gasteiger partial charge in [-0.05, 0) is 80.3 Å². The molecule has 2 aromatic carbocycles. The number of ether oxygens (including phenoxy) is 4. The number of aliphatic carboxylic acids is 1. The summed E-state index contributed by atoms with van der Waals surface area (Å²) in [5, 5.41) is 11.9. The first-order valence-electron chi connectivity index (χ1n) is 14.5. The van der Waals surface area contributed by atoms with E-state index in [0.717, 1.165) is 11.1 Å². The minimum Gasteiger partial charge on any atom is -0.542 e. The van der Waals surface area contributed by atoms with Gasteiger partial charge >= 0.3 is 12.1 Å². The van der Waals surface area contributed by atoms with Crippen molar-refractivity contribution in [1.29, 1.82) is 0 Å². The molecule has 1 saturated carbocycles. The minimum atomic E-state index is -5.19. The van der Waals surface area contributed by atoms with Gasteiger partial charge in [0.25, 0.3) is 5.69 Å². The third-order valence-corrected chi connectivity index (χ3v) is 6.69. The van der Waals surface area contributed by atoms with Gasteiger partial charge in [0.1, 0.15) is 5.97 Å². The number of methoxy groups -OCH3 is 2. The van der Waals surface area contributed by atoms with E-state index in [2.05, 4.69) is 10.3 Å². The molecule has 0 bridgehead atoms. The number of nitrogens with one attached hydrogen (secondary N) is 2. The lowest BCUT2D eigenvalue weighted by Gasteiger charge is -2.26. The average Bonchev–Trinajstić information content (AvgIpc) is 3.05. The van der Waals surface area contributed by atoms with Gasteiger partial charge in [-0.15, -0.1) is 0 Å². The highest BCUT2D eigenvalue weighted by atomic mass is 19.4. The van der Waals surface area contributed by atoms with Crippen LogP contribution in [0.2, 0.25) is 0 Å². The Morgan fingerprint density at radius 1 is 0.872 bits per heavy atom. The maximum absolute atomic E-state index is 13.7. The van der Waals surface area contributed by atoms with Crippen LogP contribution in [0.5, 0.6) is 23.0 Å². The third kappa shape index (κ3) is 10.3. The average molecular weight is 657 g/mol. The topological polar surface area (TPSA) is 137 Å². The number of amides is 1. The fourth-order valence-corrected chi connectivity index (χ4v) is 4.64. The van der Waals surface area contributed by atoms with Crippen molar-refractivity contribution in [2.75, 3.05) is 27.4 Å². The number of H-pyrrole nitrogens is 1. The third-order valence-electron chi connectivity index (χ3n) is 6.69. The Hall–Kier alpha value is -5.33. The Morgan fingerprint density at radius 3 is 1.74 bits per heavy atom. The van der Waals surface area contributed by atoms with Gasteiger partial charge in [-0.2, -0.15) is 13.2 Å². The van der Waals surface area contributed by atoms with Crippen molar-refractivity contribution < 1.29 is 56.6 Å². The number of carboxylic acids is 1. The van der Waals surface area contributed by atoms with Crippen LogP contribution >= 0.6 is 0 Å². The number of halogens is 3. The number of carbonyl (C=O) groups excluding carboxylic acids is 3. The molecule has 13 heteroatoms. The van der Waals surface area contributed by atoms with Crippen LogP contribution in [0.3, 0.4) is 0 Å². The molecule has 0 saturated heterocycles. The molecule has 1 aromatic heterocycles. The lowest BCUT2D eigenvalue weighted by atomic mass is 9.83. The van der Waals surface area contributed by atoms with E-state index >= 15 is 0 Å². The highest BCUT2D eigenvalue weighted by Gasteiger charge is 2.30. The second kappa shape index (κ2) is 16.8. The summed E-state index contributed by atoms with van der Waals surface area (Å²) in [4.78, 5) is 38.4. The molecule has 1 aliphatic carbocycles. The van der Waals surface area contributed by atoms with E-state index in [4.69, 9.17) is 28.8 Å². The molecule has 1 aliphatic rings. The van der Waals surface area contributed by atoms with Crippen molar-refractivity contribution in [3.8, 4) is 23.0 Å². The molecule has 10 nitrogen and oxygen atoms in total.